The van der Waals surface area contributed by atoms with E-state index >= 15 is 0 Å². The van der Waals surface area contributed by atoms with Crippen molar-refractivity contribution in [3.8, 4) is 0 Å². The summed E-state index contributed by atoms with van der Waals surface area (Å²) in [6.07, 6.45) is 43.7. The minimum Gasteiger partial charge on any atom is -0.462 e. The van der Waals surface area contributed by atoms with Crippen LogP contribution in [0.25, 0.3) is 0 Å². The van der Waals surface area contributed by atoms with Crippen molar-refractivity contribution in [2.45, 2.75) is 285 Å². The van der Waals surface area contributed by atoms with E-state index in [4.69, 9.17) is 14.2 Å². The third kappa shape index (κ3) is 45.3. The zero-order chi connectivity index (χ0) is 41.9. The van der Waals surface area contributed by atoms with Crippen molar-refractivity contribution < 1.29 is 28.6 Å². The van der Waals surface area contributed by atoms with Crippen molar-refractivity contribution in [1.29, 1.82) is 0 Å². The molecular weight excluding hydrogens is 709 g/mol. The molecule has 6 nitrogen and oxygen atoms in total. The van der Waals surface area contributed by atoms with Crippen LogP contribution in [-0.2, 0) is 28.6 Å². The van der Waals surface area contributed by atoms with Gasteiger partial charge in [0.2, 0.25) is 0 Å². The van der Waals surface area contributed by atoms with Gasteiger partial charge in [-0.1, -0.05) is 240 Å². The van der Waals surface area contributed by atoms with E-state index in [-0.39, 0.29) is 31.1 Å². The highest BCUT2D eigenvalue weighted by molar-refractivity contribution is 5.71. The third-order valence-electron chi connectivity index (χ3n) is 11.5. The summed E-state index contributed by atoms with van der Waals surface area (Å²) in [5, 5.41) is 0. The fourth-order valence-corrected chi connectivity index (χ4v) is 7.64. The summed E-state index contributed by atoms with van der Waals surface area (Å²) in [7, 11) is 0. The summed E-state index contributed by atoms with van der Waals surface area (Å²) < 4.78 is 16.8. The van der Waals surface area contributed by atoms with Crippen molar-refractivity contribution in [3.63, 3.8) is 0 Å². The molecule has 0 amide bonds. The molecule has 338 valence electrons. The lowest BCUT2D eigenvalue weighted by Gasteiger charge is -2.18. The molecule has 0 N–H and O–H groups in total. The predicted octanol–water partition coefficient (Wildman–Crippen LogP) is 16.1. The van der Waals surface area contributed by atoms with Crippen LogP contribution in [0.1, 0.15) is 279 Å². The monoisotopic (exact) mass is 807 g/mol. The lowest BCUT2D eigenvalue weighted by molar-refractivity contribution is -0.167. The lowest BCUT2D eigenvalue weighted by atomic mass is 10.0. The van der Waals surface area contributed by atoms with Crippen LogP contribution in [0.15, 0.2) is 0 Å². The zero-order valence-corrected chi connectivity index (χ0v) is 39.0. The molecular formula is C51H98O6. The zero-order valence-electron chi connectivity index (χ0n) is 39.0. The highest BCUT2D eigenvalue weighted by Gasteiger charge is 2.19. The van der Waals surface area contributed by atoms with E-state index in [1.807, 2.05) is 0 Å². The fraction of sp³-hybridized carbons (Fsp3) is 0.941. The standard InChI is InChI=1S/C51H98O6/c1-6-7-8-9-10-11-21-26-31-36-41-49(52)55-44-48(57-51(54)43-38-33-28-23-18-17-20-25-30-35-40-47(4)5)45-56-50(53)42-37-32-27-22-16-14-12-13-15-19-24-29-34-39-46(2)3/h46-48H,6-45H2,1-5H3/t48-/m1/s1. The van der Waals surface area contributed by atoms with Crippen LogP contribution in [0.5, 0.6) is 0 Å². The topological polar surface area (TPSA) is 78.9 Å². The predicted molar refractivity (Wildman–Crippen MR) is 243 cm³/mol. The molecule has 0 aliphatic rings. The molecule has 0 spiro atoms. The Bertz CT molecular complexity index is 870. The van der Waals surface area contributed by atoms with Gasteiger partial charge in [0.15, 0.2) is 6.10 Å². The molecule has 0 fully saturated rings. The van der Waals surface area contributed by atoms with Gasteiger partial charge in [0.25, 0.3) is 0 Å². The first-order chi connectivity index (χ1) is 27.7. The Morgan fingerprint density at radius 3 is 0.860 bits per heavy atom. The van der Waals surface area contributed by atoms with Crippen LogP contribution in [0, 0.1) is 11.8 Å². The smallest absolute Gasteiger partial charge is 0.306 e. The number of carbonyl (C=O) groups excluding carboxylic acids is 3. The first-order valence-electron chi connectivity index (χ1n) is 25.2. The second kappa shape index (κ2) is 44.0. The average molecular weight is 807 g/mol. The van der Waals surface area contributed by atoms with Gasteiger partial charge in [0.1, 0.15) is 13.2 Å². The average Bonchev–Trinajstić information content (AvgIpc) is 3.18. The molecule has 0 aromatic heterocycles. The lowest BCUT2D eigenvalue weighted by Crippen LogP contribution is -2.30. The Labute approximate surface area is 355 Å². The van der Waals surface area contributed by atoms with Gasteiger partial charge >= 0.3 is 17.9 Å². The molecule has 0 aliphatic carbocycles. The molecule has 0 saturated carbocycles. The second-order valence-corrected chi connectivity index (χ2v) is 18.4. The van der Waals surface area contributed by atoms with E-state index in [2.05, 4.69) is 34.6 Å². The number of rotatable bonds is 45. The number of esters is 3. The van der Waals surface area contributed by atoms with Gasteiger partial charge in [0.05, 0.1) is 0 Å². The van der Waals surface area contributed by atoms with Gasteiger partial charge in [-0.25, -0.2) is 0 Å². The Morgan fingerprint density at radius 1 is 0.333 bits per heavy atom. The van der Waals surface area contributed by atoms with Crippen LogP contribution in [0.2, 0.25) is 0 Å². The Kier molecular flexibility index (Phi) is 42.7. The highest BCUT2D eigenvalue weighted by atomic mass is 16.6. The van der Waals surface area contributed by atoms with Crippen molar-refractivity contribution in [1.82, 2.24) is 0 Å². The van der Waals surface area contributed by atoms with Crippen molar-refractivity contribution >= 4 is 17.9 Å². The maximum atomic E-state index is 12.8. The maximum Gasteiger partial charge on any atom is 0.306 e. The molecule has 0 aliphatic heterocycles. The molecule has 0 bridgehead atoms. The van der Waals surface area contributed by atoms with Crippen molar-refractivity contribution in [3.05, 3.63) is 0 Å². The number of ether oxygens (including phenoxy) is 3. The molecule has 0 aromatic rings. The van der Waals surface area contributed by atoms with E-state index in [1.54, 1.807) is 0 Å². The molecule has 0 aromatic carbocycles. The molecule has 57 heavy (non-hydrogen) atoms. The first kappa shape index (κ1) is 55.4. The number of hydrogen-bond donors (Lipinski definition) is 0. The highest BCUT2D eigenvalue weighted by Crippen LogP contribution is 2.17. The maximum absolute atomic E-state index is 12.8. The third-order valence-corrected chi connectivity index (χ3v) is 11.5. The van der Waals surface area contributed by atoms with Crippen LogP contribution in [0.3, 0.4) is 0 Å². The van der Waals surface area contributed by atoms with E-state index in [0.717, 1.165) is 69.6 Å². The molecule has 0 unspecified atom stereocenters. The van der Waals surface area contributed by atoms with Gasteiger partial charge in [-0.05, 0) is 31.1 Å². The minimum atomic E-state index is -0.761. The second-order valence-electron chi connectivity index (χ2n) is 18.4. The summed E-state index contributed by atoms with van der Waals surface area (Å²) in [6.45, 7) is 11.4. The summed E-state index contributed by atoms with van der Waals surface area (Å²) in [5.41, 5.74) is 0. The Morgan fingerprint density at radius 2 is 0.579 bits per heavy atom. The summed E-state index contributed by atoms with van der Waals surface area (Å²) in [6, 6.07) is 0. The SMILES string of the molecule is CCCCCCCCCCCCC(=O)OC[C@H](COC(=O)CCCCCCCCCCCCCCCC(C)C)OC(=O)CCCCCCCCCCCCC(C)C. The fourth-order valence-electron chi connectivity index (χ4n) is 7.64. The van der Waals surface area contributed by atoms with Gasteiger partial charge in [-0.15, -0.1) is 0 Å². The molecule has 6 heteroatoms. The van der Waals surface area contributed by atoms with Crippen LogP contribution >= 0.6 is 0 Å². The van der Waals surface area contributed by atoms with Crippen molar-refractivity contribution in [2.24, 2.45) is 11.8 Å². The van der Waals surface area contributed by atoms with Crippen LogP contribution in [-0.4, -0.2) is 37.2 Å². The van der Waals surface area contributed by atoms with E-state index in [9.17, 15) is 14.4 Å². The number of carbonyl (C=O) groups is 3. The molecule has 1 atom stereocenters. The molecule has 0 rings (SSSR count). The van der Waals surface area contributed by atoms with Crippen LogP contribution in [0.4, 0.5) is 0 Å². The van der Waals surface area contributed by atoms with Crippen LogP contribution < -0.4 is 0 Å². The largest absolute Gasteiger partial charge is 0.462 e. The van der Waals surface area contributed by atoms with Gasteiger partial charge in [0, 0.05) is 19.3 Å². The summed E-state index contributed by atoms with van der Waals surface area (Å²) in [4.78, 5) is 37.8. The first-order valence-corrected chi connectivity index (χ1v) is 25.2. The Balaban J connectivity index is 4.29. The summed E-state index contributed by atoms with van der Waals surface area (Å²) in [5.74, 6) is 0.805. The molecule has 0 heterocycles. The van der Waals surface area contributed by atoms with E-state index < -0.39 is 6.10 Å². The van der Waals surface area contributed by atoms with Crippen molar-refractivity contribution in [2.75, 3.05) is 13.2 Å². The number of hydrogen-bond acceptors (Lipinski definition) is 6. The van der Waals surface area contributed by atoms with E-state index in [0.29, 0.717) is 19.3 Å². The van der Waals surface area contributed by atoms with Gasteiger partial charge < -0.3 is 14.2 Å². The van der Waals surface area contributed by atoms with Gasteiger partial charge in [-0.2, -0.15) is 0 Å². The molecule has 0 radical (unpaired) electrons. The Hall–Kier alpha value is -1.59. The summed E-state index contributed by atoms with van der Waals surface area (Å²) >= 11 is 0. The van der Waals surface area contributed by atoms with E-state index in [1.165, 1.54) is 167 Å². The number of unbranched alkanes of at least 4 members (excludes halogenated alkanes) is 30. The molecule has 0 saturated heterocycles. The minimum absolute atomic E-state index is 0.0640. The van der Waals surface area contributed by atoms with Gasteiger partial charge in [-0.3, -0.25) is 14.4 Å². The quantitative estimate of drug-likeness (QED) is 0.0346. The normalized spacial score (nSPS) is 12.1.